The average molecular weight is 416 g/mol. The second kappa shape index (κ2) is 9.56. The number of anilines is 1. The molecule has 0 unspecified atom stereocenters. The number of rotatable bonds is 8. The first-order valence-corrected chi connectivity index (χ1v) is 11.8. The summed E-state index contributed by atoms with van der Waals surface area (Å²) in [6.07, 6.45) is 9.04. The molecule has 1 spiro atoms. The number of likely N-dealkylation sites (tertiary alicyclic amines) is 1. The Morgan fingerprint density at radius 2 is 1.93 bits per heavy atom. The van der Waals surface area contributed by atoms with E-state index in [9.17, 15) is 4.79 Å². The summed E-state index contributed by atoms with van der Waals surface area (Å²) < 4.78 is 12.2. The van der Waals surface area contributed by atoms with Crippen LogP contribution in [0.25, 0.3) is 0 Å². The Morgan fingerprint density at radius 3 is 2.67 bits per heavy atom. The molecule has 2 aliphatic heterocycles. The molecular formula is C24H37N3O3. The van der Waals surface area contributed by atoms with Crippen molar-refractivity contribution in [1.29, 1.82) is 0 Å². The van der Waals surface area contributed by atoms with Gasteiger partial charge in [-0.1, -0.05) is 13.3 Å². The number of carbonyl (C=O) groups is 1. The quantitative estimate of drug-likeness (QED) is 0.692. The molecule has 1 saturated carbocycles. The minimum Gasteiger partial charge on any atom is -0.448 e. The first-order valence-electron chi connectivity index (χ1n) is 11.8. The molecule has 3 aliphatic rings. The lowest BCUT2D eigenvalue weighted by Gasteiger charge is -2.33. The number of hydrogen-bond acceptors (Lipinski definition) is 5. The summed E-state index contributed by atoms with van der Waals surface area (Å²) in [6, 6.07) is 5.73. The van der Waals surface area contributed by atoms with Crippen LogP contribution in [0.15, 0.2) is 18.2 Å². The van der Waals surface area contributed by atoms with Gasteiger partial charge >= 0.3 is 0 Å². The number of nitrogens with one attached hydrogen (secondary N) is 1. The molecule has 2 heterocycles. The van der Waals surface area contributed by atoms with E-state index in [4.69, 9.17) is 9.47 Å². The third-order valence-electron chi connectivity index (χ3n) is 6.72. The van der Waals surface area contributed by atoms with Gasteiger partial charge in [-0.3, -0.25) is 9.69 Å². The highest BCUT2D eigenvalue weighted by Gasteiger charge is 2.44. The Hall–Kier alpha value is -1.79. The number of unbranched alkanes of at least 4 members (excludes halogenated alkanes) is 1. The molecule has 1 amide bonds. The molecule has 166 valence electrons. The summed E-state index contributed by atoms with van der Waals surface area (Å²) in [7, 11) is 2.23. The number of carbonyl (C=O) groups excluding carboxylic acids is 1. The molecular weight excluding hydrogens is 378 g/mol. The summed E-state index contributed by atoms with van der Waals surface area (Å²) in [5, 5.41) is 3.04. The van der Waals surface area contributed by atoms with Crippen LogP contribution in [0.5, 0.6) is 11.5 Å². The van der Waals surface area contributed by atoms with Gasteiger partial charge in [0.1, 0.15) is 0 Å². The lowest BCUT2D eigenvalue weighted by molar-refractivity contribution is -0.117. The maximum Gasteiger partial charge on any atom is 0.251 e. The van der Waals surface area contributed by atoms with Gasteiger partial charge in [0.2, 0.25) is 5.91 Å². The Balaban J connectivity index is 1.21. The van der Waals surface area contributed by atoms with Crippen LogP contribution in [0.2, 0.25) is 0 Å². The molecule has 1 saturated heterocycles. The van der Waals surface area contributed by atoms with Gasteiger partial charge in [0.25, 0.3) is 5.79 Å². The number of benzene rings is 1. The number of fused-ring (bicyclic) bond motifs is 1. The van der Waals surface area contributed by atoms with Gasteiger partial charge in [-0.05, 0) is 76.8 Å². The van der Waals surface area contributed by atoms with Crippen molar-refractivity contribution in [1.82, 2.24) is 9.80 Å². The van der Waals surface area contributed by atoms with Crippen molar-refractivity contribution in [3.8, 4) is 11.5 Å². The molecule has 4 rings (SSSR count). The smallest absolute Gasteiger partial charge is 0.251 e. The zero-order chi connectivity index (χ0) is 21.0. The van der Waals surface area contributed by atoms with E-state index < -0.39 is 5.79 Å². The first kappa shape index (κ1) is 21.4. The highest BCUT2D eigenvalue weighted by molar-refractivity contribution is 5.92. The Kier molecular flexibility index (Phi) is 6.84. The maximum atomic E-state index is 12.6. The number of piperidine rings is 1. The molecule has 1 aromatic rings. The fourth-order valence-corrected chi connectivity index (χ4v) is 4.98. The van der Waals surface area contributed by atoms with Crippen LogP contribution in [0.3, 0.4) is 0 Å². The van der Waals surface area contributed by atoms with Gasteiger partial charge in [0, 0.05) is 31.1 Å². The number of nitrogens with zero attached hydrogens (tertiary/aromatic N) is 2. The molecule has 1 aromatic carbocycles. The molecule has 6 heteroatoms. The molecule has 0 atom stereocenters. The molecule has 0 aromatic heterocycles. The number of hydrogen-bond donors (Lipinski definition) is 1. The molecule has 1 N–H and O–H groups in total. The topological polar surface area (TPSA) is 54.0 Å². The average Bonchev–Trinajstić information content (AvgIpc) is 3.33. The van der Waals surface area contributed by atoms with Crippen LogP contribution in [0.1, 0.15) is 58.3 Å². The number of amides is 1. The van der Waals surface area contributed by atoms with Gasteiger partial charge in [-0.25, -0.2) is 0 Å². The zero-order valence-electron chi connectivity index (χ0n) is 18.6. The van der Waals surface area contributed by atoms with Gasteiger partial charge in [-0.15, -0.1) is 0 Å². The van der Waals surface area contributed by atoms with Crippen molar-refractivity contribution in [2.75, 3.05) is 45.1 Å². The second-order valence-electron chi connectivity index (χ2n) is 9.37. The van der Waals surface area contributed by atoms with E-state index in [0.717, 1.165) is 61.9 Å². The summed E-state index contributed by atoms with van der Waals surface area (Å²) >= 11 is 0. The largest absolute Gasteiger partial charge is 0.448 e. The summed E-state index contributed by atoms with van der Waals surface area (Å²) in [5.74, 6) is 1.88. The van der Waals surface area contributed by atoms with Gasteiger partial charge < -0.3 is 19.7 Å². The fourth-order valence-electron chi connectivity index (χ4n) is 4.98. The normalized spacial score (nSPS) is 20.9. The second-order valence-corrected chi connectivity index (χ2v) is 9.37. The van der Waals surface area contributed by atoms with Gasteiger partial charge in [0.05, 0.1) is 6.54 Å². The first-order chi connectivity index (χ1) is 14.5. The summed E-state index contributed by atoms with van der Waals surface area (Å²) in [5.41, 5.74) is 0.782. The highest BCUT2D eigenvalue weighted by Crippen LogP contribution is 2.47. The van der Waals surface area contributed by atoms with Crippen LogP contribution >= 0.6 is 0 Å². The molecule has 0 bridgehead atoms. The van der Waals surface area contributed by atoms with E-state index in [1.54, 1.807) is 0 Å². The third kappa shape index (κ3) is 5.27. The van der Waals surface area contributed by atoms with Crippen LogP contribution in [0, 0.1) is 5.92 Å². The minimum atomic E-state index is -0.458. The van der Waals surface area contributed by atoms with E-state index in [1.807, 2.05) is 18.2 Å². The third-order valence-corrected chi connectivity index (χ3v) is 6.72. The highest BCUT2D eigenvalue weighted by atomic mass is 16.7. The van der Waals surface area contributed by atoms with Crippen LogP contribution in [-0.2, 0) is 4.79 Å². The van der Waals surface area contributed by atoms with Crippen LogP contribution in [0.4, 0.5) is 5.69 Å². The maximum absolute atomic E-state index is 12.6. The van der Waals surface area contributed by atoms with Crippen LogP contribution in [-0.4, -0.2) is 61.3 Å². The number of ether oxygens (including phenoxy) is 2. The Morgan fingerprint density at radius 1 is 1.20 bits per heavy atom. The monoisotopic (exact) mass is 415 g/mol. The zero-order valence-corrected chi connectivity index (χ0v) is 18.6. The molecule has 30 heavy (non-hydrogen) atoms. The van der Waals surface area contributed by atoms with E-state index in [1.165, 1.54) is 38.8 Å². The molecule has 6 nitrogen and oxygen atoms in total. The molecule has 1 aliphatic carbocycles. The van der Waals surface area contributed by atoms with E-state index in [0.29, 0.717) is 6.54 Å². The fraction of sp³-hybridized carbons (Fsp3) is 0.708. The predicted molar refractivity (Wildman–Crippen MR) is 119 cm³/mol. The van der Waals surface area contributed by atoms with Crippen molar-refractivity contribution < 1.29 is 14.3 Å². The summed E-state index contributed by atoms with van der Waals surface area (Å²) in [6.45, 7) is 7.07. The van der Waals surface area contributed by atoms with E-state index >= 15 is 0 Å². The van der Waals surface area contributed by atoms with Crippen molar-refractivity contribution in [2.45, 2.75) is 64.1 Å². The predicted octanol–water partition coefficient (Wildman–Crippen LogP) is 4.11. The lowest BCUT2D eigenvalue weighted by atomic mass is 9.96. The summed E-state index contributed by atoms with van der Waals surface area (Å²) in [4.78, 5) is 17.3. The van der Waals surface area contributed by atoms with Gasteiger partial charge in [0.15, 0.2) is 11.5 Å². The van der Waals surface area contributed by atoms with E-state index in [-0.39, 0.29) is 5.91 Å². The Bertz CT molecular complexity index is 724. The SMILES string of the molecule is CCCCN(C)CC1CCN(CC(=O)Nc2ccc3c(c2)OC2(CCCC2)O3)CC1. The lowest BCUT2D eigenvalue weighted by Crippen LogP contribution is -2.41. The molecule has 0 radical (unpaired) electrons. The Labute approximate surface area is 180 Å². The standard InChI is InChI=1S/C24H37N3O3/c1-3-4-13-26(2)17-19-9-14-27(15-10-19)18-23(28)25-20-7-8-21-22(16-20)30-24(29-21)11-5-6-12-24/h7-8,16,19H,3-6,9-15,17-18H2,1-2H3,(H,25,28). The van der Waals surface area contributed by atoms with Crippen molar-refractivity contribution in [2.24, 2.45) is 5.92 Å². The molecule has 2 fully saturated rings. The minimum absolute atomic E-state index is 0.0444. The van der Waals surface area contributed by atoms with Crippen molar-refractivity contribution in [3.63, 3.8) is 0 Å². The van der Waals surface area contributed by atoms with E-state index in [2.05, 4.69) is 29.1 Å². The van der Waals surface area contributed by atoms with Gasteiger partial charge in [-0.2, -0.15) is 0 Å². The van der Waals surface area contributed by atoms with Crippen molar-refractivity contribution in [3.05, 3.63) is 18.2 Å². The van der Waals surface area contributed by atoms with Crippen molar-refractivity contribution >= 4 is 11.6 Å². The van der Waals surface area contributed by atoms with Crippen LogP contribution < -0.4 is 14.8 Å².